The number of rotatable bonds is 1. The molecule has 4 heteroatoms. The molecule has 3 nitrogen and oxygen atoms in total. The van der Waals surface area contributed by atoms with Gasteiger partial charge in [0.1, 0.15) is 10.5 Å². The van der Waals surface area contributed by atoms with Crippen molar-refractivity contribution in [1.82, 2.24) is 0 Å². The maximum absolute atomic E-state index is 11.3. The molecule has 0 saturated carbocycles. The molecule has 0 radical (unpaired) electrons. The lowest BCUT2D eigenvalue weighted by molar-refractivity contribution is 0.541. The third kappa shape index (κ3) is 1.48. The van der Waals surface area contributed by atoms with Crippen LogP contribution >= 0.6 is 0 Å². The van der Waals surface area contributed by atoms with Gasteiger partial charge in [-0.25, -0.2) is 4.79 Å². The van der Waals surface area contributed by atoms with Crippen LogP contribution in [0, 0.1) is 0 Å². The van der Waals surface area contributed by atoms with E-state index >= 15 is 0 Å². The summed E-state index contributed by atoms with van der Waals surface area (Å²) in [6.45, 7) is 0. The van der Waals surface area contributed by atoms with E-state index in [0.717, 1.165) is 5.39 Å². The number of hydrogen-bond acceptors (Lipinski definition) is 3. The van der Waals surface area contributed by atoms with Crippen molar-refractivity contribution in [2.24, 2.45) is 0 Å². The van der Waals surface area contributed by atoms with E-state index in [2.05, 4.69) is 0 Å². The largest absolute Gasteiger partial charge is 0.422 e. The first kappa shape index (κ1) is 9.15. The molecule has 0 aliphatic carbocycles. The Kier molecular flexibility index (Phi) is 2.21. The van der Waals surface area contributed by atoms with E-state index in [1.54, 1.807) is 18.2 Å². The molecule has 0 aliphatic heterocycles. The second kappa shape index (κ2) is 3.38. The number of para-hydroxylation sites is 1. The van der Waals surface area contributed by atoms with Crippen molar-refractivity contribution in [3.05, 3.63) is 40.8 Å². The molecule has 14 heavy (non-hydrogen) atoms. The van der Waals surface area contributed by atoms with Gasteiger partial charge in [-0.2, -0.15) is 0 Å². The van der Waals surface area contributed by atoms with Crippen molar-refractivity contribution >= 4 is 21.8 Å². The average molecular weight is 208 g/mol. The Morgan fingerprint density at radius 1 is 1.29 bits per heavy atom. The van der Waals surface area contributed by atoms with Crippen LogP contribution in [0.2, 0.25) is 0 Å². The Labute approximate surface area is 82.8 Å². The lowest BCUT2D eigenvalue weighted by atomic mass is 10.2. The highest BCUT2D eigenvalue weighted by molar-refractivity contribution is 7.84. The van der Waals surface area contributed by atoms with Gasteiger partial charge in [-0.1, -0.05) is 18.2 Å². The van der Waals surface area contributed by atoms with Crippen LogP contribution < -0.4 is 5.63 Å². The third-order valence-corrected chi connectivity index (χ3v) is 2.82. The summed E-state index contributed by atoms with van der Waals surface area (Å²) < 4.78 is 16.2. The zero-order valence-electron chi connectivity index (χ0n) is 7.52. The predicted molar refractivity (Wildman–Crippen MR) is 54.8 cm³/mol. The van der Waals surface area contributed by atoms with E-state index in [0.29, 0.717) is 5.58 Å². The molecule has 1 heterocycles. The molecule has 0 amide bonds. The fourth-order valence-corrected chi connectivity index (χ4v) is 1.81. The minimum atomic E-state index is -1.30. The van der Waals surface area contributed by atoms with Gasteiger partial charge in [-0.3, -0.25) is 4.21 Å². The SMILES string of the molecule is CS(=O)c1cc2ccccc2oc1=O. The Bertz CT molecular complexity index is 557. The molecule has 0 spiro atoms. The zero-order chi connectivity index (χ0) is 10.1. The molecule has 1 unspecified atom stereocenters. The fourth-order valence-electron chi connectivity index (χ4n) is 1.24. The van der Waals surface area contributed by atoms with Crippen LogP contribution in [0.1, 0.15) is 0 Å². The molecule has 0 saturated heterocycles. The molecule has 1 atom stereocenters. The fraction of sp³-hybridized carbons (Fsp3) is 0.100. The quantitative estimate of drug-likeness (QED) is 0.668. The summed E-state index contributed by atoms with van der Waals surface area (Å²) in [5.74, 6) is 0. The van der Waals surface area contributed by atoms with E-state index in [1.807, 2.05) is 12.1 Å². The van der Waals surface area contributed by atoms with Gasteiger partial charge in [0.25, 0.3) is 0 Å². The van der Waals surface area contributed by atoms with Crippen molar-refractivity contribution < 1.29 is 8.63 Å². The summed E-state index contributed by atoms with van der Waals surface area (Å²) in [5, 5.41) is 0.789. The van der Waals surface area contributed by atoms with E-state index in [9.17, 15) is 9.00 Å². The van der Waals surface area contributed by atoms with Gasteiger partial charge < -0.3 is 4.42 Å². The van der Waals surface area contributed by atoms with E-state index in [1.165, 1.54) is 6.26 Å². The van der Waals surface area contributed by atoms with Crippen LogP contribution in [0.5, 0.6) is 0 Å². The van der Waals surface area contributed by atoms with Gasteiger partial charge in [-0.05, 0) is 12.1 Å². The summed E-state index contributed by atoms with van der Waals surface area (Å²) in [7, 11) is -1.30. The van der Waals surface area contributed by atoms with E-state index in [-0.39, 0.29) is 4.90 Å². The molecular formula is C10H8O3S. The smallest absolute Gasteiger partial charge is 0.352 e. The van der Waals surface area contributed by atoms with Crippen molar-refractivity contribution in [2.75, 3.05) is 6.26 Å². The summed E-state index contributed by atoms with van der Waals surface area (Å²) >= 11 is 0. The van der Waals surface area contributed by atoms with Crippen LogP contribution in [0.4, 0.5) is 0 Å². The number of fused-ring (bicyclic) bond motifs is 1. The molecule has 1 aromatic heterocycles. The Balaban J connectivity index is 2.84. The van der Waals surface area contributed by atoms with Gasteiger partial charge >= 0.3 is 5.63 Å². The second-order valence-electron chi connectivity index (χ2n) is 2.89. The lowest BCUT2D eigenvalue weighted by Gasteiger charge is -1.97. The van der Waals surface area contributed by atoms with Crippen LogP contribution in [-0.2, 0) is 10.8 Å². The molecule has 0 aliphatic rings. The highest BCUT2D eigenvalue weighted by Gasteiger charge is 2.07. The average Bonchev–Trinajstić information content (AvgIpc) is 2.16. The summed E-state index contributed by atoms with van der Waals surface area (Å²) in [5.41, 5.74) is -0.00349. The second-order valence-corrected chi connectivity index (χ2v) is 4.24. The summed E-state index contributed by atoms with van der Waals surface area (Å²) in [6, 6.07) is 8.75. The molecular weight excluding hydrogens is 200 g/mol. The molecule has 0 bridgehead atoms. The monoisotopic (exact) mass is 208 g/mol. The van der Waals surface area contributed by atoms with E-state index in [4.69, 9.17) is 4.42 Å². The first-order chi connectivity index (χ1) is 6.68. The Morgan fingerprint density at radius 2 is 2.00 bits per heavy atom. The van der Waals surface area contributed by atoms with Crippen LogP contribution in [0.25, 0.3) is 11.0 Å². The van der Waals surface area contributed by atoms with Gasteiger partial charge in [-0.15, -0.1) is 0 Å². The van der Waals surface area contributed by atoms with Crippen molar-refractivity contribution in [3.8, 4) is 0 Å². The molecule has 0 N–H and O–H groups in total. The number of hydrogen-bond donors (Lipinski definition) is 0. The van der Waals surface area contributed by atoms with Crippen molar-refractivity contribution in [2.45, 2.75) is 4.90 Å². The standard InChI is InChI=1S/C10H8O3S/c1-14(12)9-6-7-4-2-3-5-8(7)13-10(9)11/h2-6H,1H3. The van der Waals surface area contributed by atoms with Gasteiger partial charge in [0.15, 0.2) is 0 Å². The maximum atomic E-state index is 11.3. The normalized spacial score (nSPS) is 12.9. The lowest BCUT2D eigenvalue weighted by Crippen LogP contribution is -2.07. The van der Waals surface area contributed by atoms with Crippen molar-refractivity contribution in [1.29, 1.82) is 0 Å². The highest BCUT2D eigenvalue weighted by atomic mass is 32.2. The highest BCUT2D eigenvalue weighted by Crippen LogP contribution is 2.13. The molecule has 72 valence electrons. The third-order valence-electron chi connectivity index (χ3n) is 1.92. The van der Waals surface area contributed by atoms with Gasteiger partial charge in [0.05, 0.1) is 10.8 Å². The van der Waals surface area contributed by atoms with Gasteiger partial charge in [0.2, 0.25) is 0 Å². The van der Waals surface area contributed by atoms with Gasteiger partial charge in [0, 0.05) is 11.6 Å². The molecule has 0 fully saturated rings. The van der Waals surface area contributed by atoms with E-state index < -0.39 is 16.4 Å². The topological polar surface area (TPSA) is 47.3 Å². The summed E-state index contributed by atoms with van der Waals surface area (Å²) in [4.78, 5) is 11.5. The zero-order valence-corrected chi connectivity index (χ0v) is 8.34. The number of benzene rings is 1. The minimum Gasteiger partial charge on any atom is -0.422 e. The summed E-state index contributed by atoms with van der Waals surface area (Å²) in [6.07, 6.45) is 1.46. The molecule has 2 rings (SSSR count). The molecule has 1 aromatic carbocycles. The Morgan fingerprint density at radius 3 is 2.71 bits per heavy atom. The van der Waals surface area contributed by atoms with Crippen LogP contribution in [0.15, 0.2) is 44.4 Å². The maximum Gasteiger partial charge on any atom is 0.352 e. The van der Waals surface area contributed by atoms with Crippen molar-refractivity contribution in [3.63, 3.8) is 0 Å². The first-order valence-corrected chi connectivity index (χ1v) is 5.60. The Hall–Kier alpha value is -1.42. The minimum absolute atomic E-state index is 0.212. The first-order valence-electron chi connectivity index (χ1n) is 4.05. The molecule has 2 aromatic rings. The van der Waals surface area contributed by atoms with Crippen LogP contribution in [0.3, 0.4) is 0 Å². The predicted octanol–water partition coefficient (Wildman–Crippen LogP) is 1.53. The van der Waals surface area contributed by atoms with Crippen LogP contribution in [-0.4, -0.2) is 10.5 Å².